The first kappa shape index (κ1) is 13.4. The van der Waals surface area contributed by atoms with E-state index in [1.807, 2.05) is 0 Å². The molecule has 2 aliphatic rings. The smallest absolute Gasteiger partial charge is 0.239 e. The van der Waals surface area contributed by atoms with E-state index < -0.39 is 23.1 Å². The molecule has 1 heterocycles. The molecule has 96 valence electrons. The van der Waals surface area contributed by atoms with E-state index >= 15 is 0 Å². The number of rotatable bonds is 0. The van der Waals surface area contributed by atoms with Crippen LogP contribution in [0.4, 0.5) is 0 Å². The average molecular weight is 254 g/mol. The molecule has 1 saturated heterocycles. The van der Waals surface area contributed by atoms with Gasteiger partial charge >= 0.3 is 0 Å². The maximum Gasteiger partial charge on any atom is 0.239 e. The van der Waals surface area contributed by atoms with Gasteiger partial charge in [-0.1, -0.05) is 0 Å². The fourth-order valence-corrected chi connectivity index (χ4v) is 1.02. The summed E-state index contributed by atoms with van der Waals surface area (Å²) in [6.45, 7) is 0.248. The number of carbonyl (C=O) groups excluding carboxylic acids is 4. The van der Waals surface area contributed by atoms with Crippen LogP contribution < -0.4 is 10.6 Å². The Morgan fingerprint density at radius 1 is 0.778 bits per heavy atom. The van der Waals surface area contributed by atoms with Gasteiger partial charge in [-0.15, -0.1) is 0 Å². The first-order valence-corrected chi connectivity index (χ1v) is 4.83. The molecule has 0 radical (unpaired) electrons. The van der Waals surface area contributed by atoms with Crippen molar-refractivity contribution in [3.05, 3.63) is 23.7 Å². The lowest BCUT2D eigenvalue weighted by molar-refractivity contribution is -0.130. The lowest BCUT2D eigenvalue weighted by atomic mass is 10.1. The molecule has 1 aliphatic carbocycles. The molecule has 2 rings (SSSR count). The zero-order valence-corrected chi connectivity index (χ0v) is 9.10. The van der Waals surface area contributed by atoms with Crippen LogP contribution in [0.5, 0.6) is 0 Å². The van der Waals surface area contributed by atoms with Crippen molar-refractivity contribution < 1.29 is 29.4 Å². The second-order valence-corrected chi connectivity index (χ2v) is 3.34. The van der Waals surface area contributed by atoms with E-state index in [9.17, 15) is 19.2 Å². The molecule has 0 spiro atoms. The summed E-state index contributed by atoms with van der Waals surface area (Å²) < 4.78 is 0. The number of amides is 2. The summed E-state index contributed by atoms with van der Waals surface area (Å²) >= 11 is 0. The quantitative estimate of drug-likeness (QED) is 0.379. The normalized spacial score (nSPS) is 18.9. The van der Waals surface area contributed by atoms with Crippen molar-refractivity contribution in [1.82, 2.24) is 10.6 Å². The molecule has 0 aromatic rings. The van der Waals surface area contributed by atoms with Crippen molar-refractivity contribution in [2.45, 2.75) is 0 Å². The average Bonchev–Trinajstić information content (AvgIpc) is 2.31. The first-order valence-electron chi connectivity index (χ1n) is 4.83. The van der Waals surface area contributed by atoms with Gasteiger partial charge in [-0.2, -0.15) is 0 Å². The lowest BCUT2D eigenvalue weighted by Gasteiger charge is -2.10. The van der Waals surface area contributed by atoms with E-state index in [0.29, 0.717) is 12.2 Å². The first-order chi connectivity index (χ1) is 8.40. The molecule has 0 unspecified atom stereocenters. The van der Waals surface area contributed by atoms with E-state index in [1.54, 1.807) is 0 Å². The van der Waals surface area contributed by atoms with Crippen LogP contribution in [-0.4, -0.2) is 46.7 Å². The van der Waals surface area contributed by atoms with Gasteiger partial charge in [-0.05, 0) is 0 Å². The molecule has 8 nitrogen and oxygen atoms in total. The second kappa shape index (κ2) is 5.62. The molecule has 0 saturated carbocycles. The second-order valence-electron chi connectivity index (χ2n) is 3.34. The molecule has 0 aromatic carbocycles. The number of allylic oxidation sites excluding steroid dienone is 2. The van der Waals surface area contributed by atoms with Crippen LogP contribution in [0.2, 0.25) is 0 Å². The van der Waals surface area contributed by atoms with Crippen molar-refractivity contribution in [1.29, 1.82) is 0 Å². The minimum Gasteiger partial charge on any atom is -0.504 e. The van der Waals surface area contributed by atoms with Gasteiger partial charge in [0, 0.05) is 12.2 Å². The molecule has 2 amide bonds. The zero-order valence-electron chi connectivity index (χ0n) is 9.10. The predicted octanol–water partition coefficient (Wildman–Crippen LogP) is -1.75. The van der Waals surface area contributed by atoms with E-state index in [1.165, 1.54) is 0 Å². The minimum atomic E-state index is -0.753. The molecule has 8 heteroatoms. The van der Waals surface area contributed by atoms with Crippen LogP contribution in [0.15, 0.2) is 23.7 Å². The number of carbonyl (C=O) groups is 4. The molecule has 18 heavy (non-hydrogen) atoms. The fraction of sp³-hybridized carbons (Fsp3) is 0.200. The number of aliphatic hydroxyl groups is 2. The highest BCUT2D eigenvalue weighted by Crippen LogP contribution is 2.05. The molecule has 4 N–H and O–H groups in total. The van der Waals surface area contributed by atoms with Crippen molar-refractivity contribution in [3.8, 4) is 0 Å². The Morgan fingerprint density at radius 3 is 1.39 bits per heavy atom. The third-order valence-corrected chi connectivity index (χ3v) is 1.93. The minimum absolute atomic E-state index is 0.121. The molecular weight excluding hydrogens is 244 g/mol. The molecule has 1 fully saturated rings. The Bertz CT molecular complexity index is 421. The van der Waals surface area contributed by atoms with Crippen LogP contribution in [0.3, 0.4) is 0 Å². The highest BCUT2D eigenvalue weighted by atomic mass is 16.3. The maximum atomic E-state index is 10.4. The molecule has 1 aliphatic heterocycles. The van der Waals surface area contributed by atoms with Crippen LogP contribution in [-0.2, 0) is 19.2 Å². The summed E-state index contributed by atoms with van der Waals surface area (Å²) in [5.41, 5.74) is 0. The standard InChI is InChI=1S/C6H4O4.C4H6N2O2/c7-3-1-4(8)6(10)2-5(3)9;7-3-1-5-4(8)2-6-3/h1-2,7,10H;1-2H2,(H,5,8)(H,6,7). The summed E-state index contributed by atoms with van der Waals surface area (Å²) in [6.07, 6.45) is 1.36. The van der Waals surface area contributed by atoms with Crippen molar-refractivity contribution in [2.24, 2.45) is 0 Å². The van der Waals surface area contributed by atoms with Crippen LogP contribution in [0, 0.1) is 0 Å². The molecule has 0 atom stereocenters. The highest BCUT2D eigenvalue weighted by molar-refractivity contribution is 6.17. The molecular formula is C10H10N2O6. The summed E-state index contributed by atoms with van der Waals surface area (Å²) in [5.74, 6) is -3.02. The number of nitrogens with one attached hydrogen (secondary N) is 2. The number of ketones is 2. The van der Waals surface area contributed by atoms with E-state index in [-0.39, 0.29) is 24.9 Å². The van der Waals surface area contributed by atoms with Gasteiger partial charge in [0.05, 0.1) is 13.1 Å². The van der Waals surface area contributed by atoms with Crippen LogP contribution >= 0.6 is 0 Å². The largest absolute Gasteiger partial charge is 0.504 e. The highest BCUT2D eigenvalue weighted by Gasteiger charge is 2.17. The van der Waals surface area contributed by atoms with Gasteiger partial charge in [-0.25, -0.2) is 0 Å². The van der Waals surface area contributed by atoms with Crippen LogP contribution in [0.25, 0.3) is 0 Å². The van der Waals surface area contributed by atoms with Gasteiger partial charge in [0.25, 0.3) is 0 Å². The van der Waals surface area contributed by atoms with E-state index in [4.69, 9.17) is 10.2 Å². The number of aliphatic hydroxyl groups excluding tert-OH is 2. The Hall–Kier alpha value is -2.64. The molecule has 0 bridgehead atoms. The van der Waals surface area contributed by atoms with E-state index in [2.05, 4.69) is 10.6 Å². The van der Waals surface area contributed by atoms with Crippen molar-refractivity contribution >= 4 is 23.4 Å². The van der Waals surface area contributed by atoms with Gasteiger partial charge in [0.15, 0.2) is 11.5 Å². The SMILES string of the molecule is O=C1C=C(O)C(=O)C=C1O.O=C1CNC(=O)CN1. The Balaban J connectivity index is 0.000000184. The number of piperazine rings is 1. The predicted molar refractivity (Wildman–Crippen MR) is 57.5 cm³/mol. The topological polar surface area (TPSA) is 133 Å². The van der Waals surface area contributed by atoms with E-state index in [0.717, 1.165) is 0 Å². The summed E-state index contributed by atoms with van der Waals surface area (Å²) in [4.78, 5) is 41.5. The third kappa shape index (κ3) is 3.74. The van der Waals surface area contributed by atoms with Crippen molar-refractivity contribution in [3.63, 3.8) is 0 Å². The zero-order chi connectivity index (χ0) is 13.7. The monoisotopic (exact) mass is 254 g/mol. The van der Waals surface area contributed by atoms with Gasteiger partial charge in [0.1, 0.15) is 0 Å². The molecule has 0 aromatic heterocycles. The number of hydrogen-bond donors (Lipinski definition) is 4. The van der Waals surface area contributed by atoms with Gasteiger partial charge in [-0.3, -0.25) is 19.2 Å². The Labute approximate surface area is 101 Å². The summed E-state index contributed by atoms with van der Waals surface area (Å²) in [7, 11) is 0. The number of hydrogen-bond acceptors (Lipinski definition) is 6. The summed E-state index contributed by atoms with van der Waals surface area (Å²) in [5, 5.41) is 22.0. The van der Waals surface area contributed by atoms with Gasteiger partial charge < -0.3 is 20.8 Å². The lowest BCUT2D eigenvalue weighted by Crippen LogP contribution is -2.48. The summed E-state index contributed by atoms with van der Waals surface area (Å²) in [6, 6.07) is 0. The Morgan fingerprint density at radius 2 is 1.11 bits per heavy atom. The van der Waals surface area contributed by atoms with Crippen LogP contribution in [0.1, 0.15) is 0 Å². The maximum absolute atomic E-state index is 10.4. The van der Waals surface area contributed by atoms with Crippen molar-refractivity contribution in [2.75, 3.05) is 13.1 Å². The van der Waals surface area contributed by atoms with Gasteiger partial charge in [0.2, 0.25) is 23.4 Å². The fourth-order valence-electron chi connectivity index (χ4n) is 1.02. The Kier molecular flexibility index (Phi) is 4.19. The third-order valence-electron chi connectivity index (χ3n) is 1.93.